The normalized spacial score (nSPS) is 10.1. The molecule has 0 bridgehead atoms. The topological polar surface area (TPSA) is 63.6 Å². The van der Waals surface area contributed by atoms with Crippen LogP contribution in [-0.4, -0.2) is 23.7 Å². The number of esters is 1. The van der Waals surface area contributed by atoms with E-state index in [1.54, 1.807) is 12.2 Å². The van der Waals surface area contributed by atoms with Gasteiger partial charge in [-0.05, 0) is 6.42 Å². The third-order valence-corrected chi connectivity index (χ3v) is 1.07. The number of hydrogen-bond acceptors (Lipinski definition) is 3. The Bertz CT molecular complexity index is 163. The first-order chi connectivity index (χ1) is 5.63. The van der Waals surface area contributed by atoms with Gasteiger partial charge >= 0.3 is 11.9 Å². The van der Waals surface area contributed by atoms with Gasteiger partial charge in [-0.3, -0.25) is 9.59 Å². The summed E-state index contributed by atoms with van der Waals surface area (Å²) in [5.74, 6) is -1.16. The second-order valence-electron chi connectivity index (χ2n) is 2.21. The van der Waals surface area contributed by atoms with Gasteiger partial charge in [-0.15, -0.1) is 0 Å². The molecule has 0 aromatic rings. The molecule has 0 saturated heterocycles. The summed E-state index contributed by atoms with van der Waals surface area (Å²) >= 11 is 0. The zero-order chi connectivity index (χ0) is 9.40. The predicted molar refractivity (Wildman–Crippen MR) is 42.6 cm³/mol. The number of allylic oxidation sites excluding steroid dienone is 1. The highest BCUT2D eigenvalue weighted by Crippen LogP contribution is 1.90. The molecular weight excluding hydrogens is 160 g/mol. The molecule has 1 N–H and O–H groups in total. The minimum Gasteiger partial charge on any atom is -0.481 e. The summed E-state index contributed by atoms with van der Waals surface area (Å²) in [6, 6.07) is 0. The van der Waals surface area contributed by atoms with Gasteiger partial charge in [0.2, 0.25) is 0 Å². The van der Waals surface area contributed by atoms with Gasteiger partial charge in [0.25, 0.3) is 0 Å². The average molecular weight is 172 g/mol. The Morgan fingerprint density at radius 1 is 1.42 bits per heavy atom. The number of aliphatic carboxylic acids is 1. The average Bonchev–Trinajstić information content (AvgIpc) is 1.95. The molecule has 12 heavy (non-hydrogen) atoms. The minimum absolute atomic E-state index is 0.108. The molecule has 0 unspecified atom stereocenters. The maximum Gasteiger partial charge on any atom is 0.303 e. The monoisotopic (exact) mass is 172 g/mol. The third-order valence-electron chi connectivity index (χ3n) is 1.07. The molecule has 0 aromatic carbocycles. The van der Waals surface area contributed by atoms with E-state index in [0.717, 1.165) is 0 Å². The van der Waals surface area contributed by atoms with Gasteiger partial charge in [-0.2, -0.15) is 0 Å². The molecule has 0 aliphatic carbocycles. The highest BCUT2D eigenvalue weighted by atomic mass is 16.5. The SMILES string of the molecule is CC(=O)OC/C=C\CCC(=O)O. The van der Waals surface area contributed by atoms with Gasteiger partial charge in [0, 0.05) is 13.3 Å². The second-order valence-corrected chi connectivity index (χ2v) is 2.21. The zero-order valence-corrected chi connectivity index (χ0v) is 6.95. The summed E-state index contributed by atoms with van der Waals surface area (Å²) in [6.07, 6.45) is 3.88. The molecule has 0 spiro atoms. The predicted octanol–water partition coefficient (Wildman–Crippen LogP) is 0.970. The lowest BCUT2D eigenvalue weighted by Gasteiger charge is -1.93. The number of rotatable bonds is 5. The Labute approximate surface area is 70.8 Å². The van der Waals surface area contributed by atoms with Crippen molar-refractivity contribution in [2.45, 2.75) is 19.8 Å². The molecule has 0 radical (unpaired) electrons. The van der Waals surface area contributed by atoms with E-state index < -0.39 is 5.97 Å². The van der Waals surface area contributed by atoms with E-state index in [9.17, 15) is 9.59 Å². The first kappa shape index (κ1) is 10.7. The molecule has 0 atom stereocenters. The van der Waals surface area contributed by atoms with Gasteiger partial charge in [0.15, 0.2) is 0 Å². The fraction of sp³-hybridized carbons (Fsp3) is 0.500. The van der Waals surface area contributed by atoms with Crippen LogP contribution in [-0.2, 0) is 14.3 Å². The van der Waals surface area contributed by atoms with Crippen molar-refractivity contribution in [2.24, 2.45) is 0 Å². The highest BCUT2D eigenvalue weighted by molar-refractivity contribution is 5.67. The number of carbonyl (C=O) groups is 2. The zero-order valence-electron chi connectivity index (χ0n) is 6.95. The molecule has 0 aromatic heterocycles. The van der Waals surface area contributed by atoms with Gasteiger partial charge in [0.1, 0.15) is 6.61 Å². The van der Waals surface area contributed by atoms with Crippen molar-refractivity contribution in [3.8, 4) is 0 Å². The molecule has 0 amide bonds. The van der Waals surface area contributed by atoms with Crippen molar-refractivity contribution in [3.05, 3.63) is 12.2 Å². The van der Waals surface area contributed by atoms with Crippen LogP contribution >= 0.6 is 0 Å². The van der Waals surface area contributed by atoms with E-state index in [2.05, 4.69) is 4.74 Å². The summed E-state index contributed by atoms with van der Waals surface area (Å²) < 4.78 is 4.58. The quantitative estimate of drug-likeness (QED) is 0.495. The third kappa shape index (κ3) is 8.68. The Morgan fingerprint density at radius 3 is 2.58 bits per heavy atom. The van der Waals surface area contributed by atoms with Crippen molar-refractivity contribution in [1.29, 1.82) is 0 Å². The van der Waals surface area contributed by atoms with E-state index in [-0.39, 0.29) is 19.0 Å². The molecule has 0 aliphatic rings. The number of carboxylic acid groups (broad SMARTS) is 1. The van der Waals surface area contributed by atoms with E-state index >= 15 is 0 Å². The Kier molecular flexibility index (Phi) is 5.69. The maximum absolute atomic E-state index is 10.2. The van der Waals surface area contributed by atoms with Crippen molar-refractivity contribution < 1.29 is 19.4 Å². The van der Waals surface area contributed by atoms with E-state index in [1.165, 1.54) is 6.92 Å². The van der Waals surface area contributed by atoms with Crippen molar-refractivity contribution >= 4 is 11.9 Å². The lowest BCUT2D eigenvalue weighted by Crippen LogP contribution is -1.97. The smallest absolute Gasteiger partial charge is 0.303 e. The molecular formula is C8H12O4. The van der Waals surface area contributed by atoms with Crippen LogP contribution in [0.3, 0.4) is 0 Å². The maximum atomic E-state index is 10.2. The summed E-state index contributed by atoms with van der Waals surface area (Å²) in [5.41, 5.74) is 0. The first-order valence-electron chi connectivity index (χ1n) is 3.63. The van der Waals surface area contributed by atoms with Crippen LogP contribution in [0.5, 0.6) is 0 Å². The summed E-state index contributed by atoms with van der Waals surface area (Å²) in [5, 5.41) is 8.24. The fourth-order valence-corrected chi connectivity index (χ4v) is 0.558. The molecule has 0 fully saturated rings. The Morgan fingerprint density at radius 2 is 2.08 bits per heavy atom. The standard InChI is InChI=1S/C8H12O4/c1-7(9)12-6-4-2-3-5-8(10)11/h2,4H,3,5-6H2,1H3,(H,10,11)/b4-2-. The summed E-state index contributed by atoms with van der Waals surface area (Å²) in [7, 11) is 0. The van der Waals surface area contributed by atoms with Crippen LogP contribution in [0, 0.1) is 0 Å². The molecule has 0 heterocycles. The Balaban J connectivity index is 3.26. The van der Waals surface area contributed by atoms with Crippen molar-refractivity contribution in [1.82, 2.24) is 0 Å². The van der Waals surface area contributed by atoms with Gasteiger partial charge in [0.05, 0.1) is 0 Å². The van der Waals surface area contributed by atoms with E-state index in [0.29, 0.717) is 6.42 Å². The van der Waals surface area contributed by atoms with Crippen LogP contribution in [0.1, 0.15) is 19.8 Å². The number of carbonyl (C=O) groups excluding carboxylic acids is 1. The lowest BCUT2D eigenvalue weighted by atomic mass is 10.3. The number of carboxylic acids is 1. The van der Waals surface area contributed by atoms with Crippen LogP contribution < -0.4 is 0 Å². The number of hydrogen-bond donors (Lipinski definition) is 1. The minimum atomic E-state index is -0.827. The van der Waals surface area contributed by atoms with Crippen LogP contribution in [0.15, 0.2) is 12.2 Å². The lowest BCUT2D eigenvalue weighted by molar-refractivity contribution is -0.140. The van der Waals surface area contributed by atoms with Crippen molar-refractivity contribution in [3.63, 3.8) is 0 Å². The van der Waals surface area contributed by atoms with E-state index in [1.807, 2.05) is 0 Å². The molecule has 4 heteroatoms. The molecule has 4 nitrogen and oxygen atoms in total. The largest absolute Gasteiger partial charge is 0.481 e. The van der Waals surface area contributed by atoms with Gasteiger partial charge < -0.3 is 9.84 Å². The molecule has 68 valence electrons. The molecule has 0 rings (SSSR count). The number of ether oxygens (including phenoxy) is 1. The van der Waals surface area contributed by atoms with Crippen LogP contribution in [0.4, 0.5) is 0 Å². The van der Waals surface area contributed by atoms with Gasteiger partial charge in [-0.1, -0.05) is 12.2 Å². The highest BCUT2D eigenvalue weighted by Gasteiger charge is 1.91. The first-order valence-corrected chi connectivity index (χ1v) is 3.63. The molecule has 0 saturated carbocycles. The fourth-order valence-electron chi connectivity index (χ4n) is 0.558. The van der Waals surface area contributed by atoms with Crippen molar-refractivity contribution in [2.75, 3.05) is 6.61 Å². The van der Waals surface area contributed by atoms with Gasteiger partial charge in [-0.25, -0.2) is 0 Å². The Hall–Kier alpha value is -1.32. The van der Waals surface area contributed by atoms with E-state index in [4.69, 9.17) is 5.11 Å². The summed E-state index contributed by atoms with van der Waals surface area (Å²) in [6.45, 7) is 1.54. The summed E-state index contributed by atoms with van der Waals surface area (Å²) in [4.78, 5) is 20.3. The molecule has 0 aliphatic heterocycles. The second kappa shape index (κ2) is 6.39. The van der Waals surface area contributed by atoms with Crippen LogP contribution in [0.25, 0.3) is 0 Å². The van der Waals surface area contributed by atoms with Crippen LogP contribution in [0.2, 0.25) is 0 Å².